The molecular weight excluding hydrogens is 200 g/mol. The van der Waals surface area contributed by atoms with Gasteiger partial charge in [-0.1, -0.05) is 48.6 Å². The number of allylic oxidation sites excluding steroid dienone is 1. The van der Waals surface area contributed by atoms with Crippen molar-refractivity contribution < 1.29 is 9.90 Å². The molecule has 1 rings (SSSR count). The molecule has 0 radical (unpaired) electrons. The quantitative estimate of drug-likeness (QED) is 0.740. The van der Waals surface area contributed by atoms with Gasteiger partial charge in [0, 0.05) is 0 Å². The summed E-state index contributed by atoms with van der Waals surface area (Å²) in [5, 5.41) is 8.99. The Labute approximate surface area is 95.9 Å². The van der Waals surface area contributed by atoms with Crippen molar-refractivity contribution in [3.8, 4) is 0 Å². The fourth-order valence-electron chi connectivity index (χ4n) is 1.39. The molecule has 0 fully saturated rings. The molecular formula is C14H16O2. The van der Waals surface area contributed by atoms with Gasteiger partial charge in [-0.3, -0.25) is 4.79 Å². The Balaban J connectivity index is 2.64. The van der Waals surface area contributed by atoms with E-state index in [-0.39, 0.29) is 0 Å². The molecule has 1 unspecified atom stereocenters. The Morgan fingerprint density at radius 2 is 2.06 bits per heavy atom. The average molecular weight is 216 g/mol. The van der Waals surface area contributed by atoms with Gasteiger partial charge in [0.1, 0.15) is 0 Å². The summed E-state index contributed by atoms with van der Waals surface area (Å²) in [7, 11) is 0. The van der Waals surface area contributed by atoms with E-state index < -0.39 is 11.9 Å². The van der Waals surface area contributed by atoms with E-state index >= 15 is 0 Å². The molecule has 84 valence electrons. The summed E-state index contributed by atoms with van der Waals surface area (Å²) in [6.45, 7) is 3.59. The van der Waals surface area contributed by atoms with Crippen molar-refractivity contribution in [3.63, 3.8) is 0 Å². The van der Waals surface area contributed by atoms with Gasteiger partial charge < -0.3 is 5.11 Å². The van der Waals surface area contributed by atoms with Crippen LogP contribution in [-0.4, -0.2) is 11.1 Å². The molecule has 2 nitrogen and oxygen atoms in total. The van der Waals surface area contributed by atoms with Gasteiger partial charge in [0.2, 0.25) is 0 Å². The summed E-state index contributed by atoms with van der Waals surface area (Å²) in [4.78, 5) is 10.9. The molecule has 1 N–H and O–H groups in total. The van der Waals surface area contributed by atoms with Crippen LogP contribution in [0.4, 0.5) is 0 Å². The van der Waals surface area contributed by atoms with Crippen LogP contribution < -0.4 is 0 Å². The number of hydrogen-bond acceptors (Lipinski definition) is 1. The lowest BCUT2D eigenvalue weighted by molar-refractivity contribution is -0.140. The standard InChI is InChI=1S/C14H16O2/c1-2-3-9-13(14(15)16)11-10-12-7-5-4-6-8-12/h2,4-8,10-11,13H,1,3,9H2,(H,15,16)/b11-10+. The van der Waals surface area contributed by atoms with Crippen molar-refractivity contribution in [2.45, 2.75) is 12.8 Å². The molecule has 0 aliphatic rings. The molecule has 0 bridgehead atoms. The molecule has 0 aromatic heterocycles. The number of aliphatic carboxylic acids is 1. The zero-order valence-electron chi connectivity index (χ0n) is 9.17. The number of carbonyl (C=O) groups is 1. The first kappa shape index (κ1) is 12.2. The highest BCUT2D eigenvalue weighted by molar-refractivity contribution is 5.73. The van der Waals surface area contributed by atoms with Crippen LogP contribution in [0.25, 0.3) is 6.08 Å². The Kier molecular flexibility index (Phi) is 5.06. The number of carboxylic acid groups (broad SMARTS) is 1. The molecule has 0 saturated heterocycles. The second kappa shape index (κ2) is 6.62. The smallest absolute Gasteiger partial charge is 0.310 e. The fourth-order valence-corrected chi connectivity index (χ4v) is 1.39. The number of hydrogen-bond donors (Lipinski definition) is 1. The highest BCUT2D eigenvalue weighted by Crippen LogP contribution is 2.12. The lowest BCUT2D eigenvalue weighted by Crippen LogP contribution is -2.10. The predicted octanol–water partition coefficient (Wildman–Crippen LogP) is 3.37. The zero-order chi connectivity index (χ0) is 11.8. The van der Waals surface area contributed by atoms with Crippen molar-refractivity contribution in [1.82, 2.24) is 0 Å². The number of rotatable bonds is 6. The summed E-state index contributed by atoms with van der Waals surface area (Å²) in [6, 6.07) is 9.69. The second-order valence-corrected chi connectivity index (χ2v) is 3.58. The van der Waals surface area contributed by atoms with Crippen molar-refractivity contribution in [1.29, 1.82) is 0 Å². The van der Waals surface area contributed by atoms with Crippen molar-refractivity contribution in [2.24, 2.45) is 5.92 Å². The number of carboxylic acids is 1. The Morgan fingerprint density at radius 3 is 2.62 bits per heavy atom. The SMILES string of the molecule is C=CCCC(/C=C/c1ccccc1)C(=O)O. The Hall–Kier alpha value is -1.83. The van der Waals surface area contributed by atoms with E-state index in [1.54, 1.807) is 12.2 Å². The van der Waals surface area contributed by atoms with Gasteiger partial charge in [-0.15, -0.1) is 6.58 Å². The average Bonchev–Trinajstić information content (AvgIpc) is 2.30. The fraction of sp³-hybridized carbons (Fsp3) is 0.214. The van der Waals surface area contributed by atoms with E-state index in [9.17, 15) is 4.79 Å². The lowest BCUT2D eigenvalue weighted by atomic mass is 10.0. The molecule has 0 heterocycles. The monoisotopic (exact) mass is 216 g/mol. The minimum absolute atomic E-state index is 0.432. The Morgan fingerprint density at radius 1 is 1.38 bits per heavy atom. The summed E-state index contributed by atoms with van der Waals surface area (Å²) in [6.07, 6.45) is 6.65. The highest BCUT2D eigenvalue weighted by atomic mass is 16.4. The van der Waals surface area contributed by atoms with Gasteiger partial charge in [0.25, 0.3) is 0 Å². The van der Waals surface area contributed by atoms with Crippen LogP contribution in [0.3, 0.4) is 0 Å². The predicted molar refractivity (Wildman–Crippen MR) is 66.0 cm³/mol. The molecule has 2 heteroatoms. The van der Waals surface area contributed by atoms with Crippen LogP contribution in [-0.2, 0) is 4.79 Å². The van der Waals surface area contributed by atoms with Crippen LogP contribution in [0.1, 0.15) is 18.4 Å². The van der Waals surface area contributed by atoms with Gasteiger partial charge in [-0.2, -0.15) is 0 Å². The maximum Gasteiger partial charge on any atom is 0.310 e. The summed E-state index contributed by atoms with van der Waals surface area (Å²) in [5.74, 6) is -1.22. The minimum atomic E-state index is -0.783. The molecule has 0 saturated carbocycles. The molecule has 0 amide bonds. The van der Waals surface area contributed by atoms with E-state index in [1.807, 2.05) is 36.4 Å². The third-order valence-electron chi connectivity index (χ3n) is 2.32. The molecule has 1 aromatic rings. The molecule has 16 heavy (non-hydrogen) atoms. The normalized spacial score (nSPS) is 12.5. The molecule has 1 aromatic carbocycles. The second-order valence-electron chi connectivity index (χ2n) is 3.58. The highest BCUT2D eigenvalue weighted by Gasteiger charge is 2.11. The van der Waals surface area contributed by atoms with Gasteiger partial charge in [-0.05, 0) is 18.4 Å². The van der Waals surface area contributed by atoms with Crippen molar-refractivity contribution >= 4 is 12.0 Å². The lowest BCUT2D eigenvalue weighted by Gasteiger charge is -2.04. The van der Waals surface area contributed by atoms with Gasteiger partial charge >= 0.3 is 5.97 Å². The Bertz CT molecular complexity index is 366. The van der Waals surface area contributed by atoms with Crippen LogP contribution in [0.15, 0.2) is 49.1 Å². The largest absolute Gasteiger partial charge is 0.481 e. The van der Waals surface area contributed by atoms with E-state index in [1.165, 1.54) is 0 Å². The first-order valence-corrected chi connectivity index (χ1v) is 5.31. The summed E-state index contributed by atoms with van der Waals surface area (Å²) < 4.78 is 0. The molecule has 0 aliphatic carbocycles. The van der Waals surface area contributed by atoms with E-state index in [0.717, 1.165) is 12.0 Å². The van der Waals surface area contributed by atoms with Crippen LogP contribution in [0.2, 0.25) is 0 Å². The van der Waals surface area contributed by atoms with Crippen molar-refractivity contribution in [3.05, 3.63) is 54.6 Å². The molecule has 1 atom stereocenters. The van der Waals surface area contributed by atoms with Gasteiger partial charge in [0.05, 0.1) is 5.92 Å². The van der Waals surface area contributed by atoms with Gasteiger partial charge in [-0.25, -0.2) is 0 Å². The zero-order valence-corrected chi connectivity index (χ0v) is 9.17. The first-order valence-electron chi connectivity index (χ1n) is 5.31. The molecule has 0 aliphatic heterocycles. The van der Waals surface area contributed by atoms with Crippen molar-refractivity contribution in [2.75, 3.05) is 0 Å². The minimum Gasteiger partial charge on any atom is -0.481 e. The summed E-state index contributed by atoms with van der Waals surface area (Å²) in [5.41, 5.74) is 1.02. The topological polar surface area (TPSA) is 37.3 Å². The van der Waals surface area contributed by atoms with Gasteiger partial charge in [0.15, 0.2) is 0 Å². The van der Waals surface area contributed by atoms with Crippen LogP contribution >= 0.6 is 0 Å². The maximum absolute atomic E-state index is 10.9. The van der Waals surface area contributed by atoms with Crippen LogP contribution in [0.5, 0.6) is 0 Å². The molecule has 0 spiro atoms. The third-order valence-corrected chi connectivity index (χ3v) is 2.32. The summed E-state index contributed by atoms with van der Waals surface area (Å²) >= 11 is 0. The van der Waals surface area contributed by atoms with E-state index in [0.29, 0.717) is 6.42 Å². The maximum atomic E-state index is 10.9. The van der Waals surface area contributed by atoms with Crippen LogP contribution in [0, 0.1) is 5.92 Å². The van der Waals surface area contributed by atoms with E-state index in [2.05, 4.69) is 6.58 Å². The first-order chi connectivity index (χ1) is 7.74. The number of benzene rings is 1. The third kappa shape index (κ3) is 4.13. The van der Waals surface area contributed by atoms with E-state index in [4.69, 9.17) is 5.11 Å².